The second-order valence-electron chi connectivity index (χ2n) is 6.89. The molecule has 2 atom stereocenters. The number of hydrogen-bond donors (Lipinski definition) is 2. The highest BCUT2D eigenvalue weighted by molar-refractivity contribution is 7.22. The zero-order chi connectivity index (χ0) is 17.9. The molecule has 4 rings (SSSR count). The zero-order valence-corrected chi connectivity index (χ0v) is 15.6. The summed E-state index contributed by atoms with van der Waals surface area (Å²) in [5, 5.41) is 7.09. The van der Waals surface area contributed by atoms with Gasteiger partial charge in [-0.3, -0.25) is 4.79 Å². The molecular weight excluding hydrogens is 346 g/mol. The number of para-hydroxylation sites is 1. The molecule has 2 unspecified atom stereocenters. The van der Waals surface area contributed by atoms with E-state index in [2.05, 4.69) is 34.7 Å². The van der Waals surface area contributed by atoms with E-state index in [-0.39, 0.29) is 5.91 Å². The summed E-state index contributed by atoms with van der Waals surface area (Å²) >= 11 is 1.63. The highest BCUT2D eigenvalue weighted by Gasteiger charge is 2.36. The molecule has 2 heterocycles. The Morgan fingerprint density at radius 3 is 2.92 bits per heavy atom. The average Bonchev–Trinajstić information content (AvgIpc) is 3.06. The van der Waals surface area contributed by atoms with Crippen LogP contribution in [0.1, 0.15) is 37.2 Å². The molecule has 1 saturated carbocycles. The van der Waals surface area contributed by atoms with Crippen molar-refractivity contribution >= 4 is 32.6 Å². The molecule has 1 fully saturated rings. The first-order valence-electron chi connectivity index (χ1n) is 9.14. The molecule has 1 aliphatic rings. The standard InChI is InChI=1S/C20H23N3O2S/c1-13-12-15(13)17-8-6-14(25-17)7-9-19(24)21-10-11-22-20-23-16-4-2-3-5-18(16)26-20/h2-6,8,13,15H,7,9-12H2,1H3,(H,21,24)(H,22,23). The number of hydrogen-bond acceptors (Lipinski definition) is 5. The maximum absolute atomic E-state index is 12.0. The van der Waals surface area contributed by atoms with Crippen molar-refractivity contribution in [1.29, 1.82) is 0 Å². The van der Waals surface area contributed by atoms with Gasteiger partial charge < -0.3 is 15.1 Å². The lowest BCUT2D eigenvalue weighted by molar-refractivity contribution is -0.121. The average molecular weight is 369 g/mol. The van der Waals surface area contributed by atoms with Crippen molar-refractivity contribution < 1.29 is 9.21 Å². The van der Waals surface area contributed by atoms with Crippen LogP contribution >= 0.6 is 11.3 Å². The van der Waals surface area contributed by atoms with E-state index in [4.69, 9.17) is 4.42 Å². The number of anilines is 1. The molecule has 0 bridgehead atoms. The minimum atomic E-state index is 0.0499. The van der Waals surface area contributed by atoms with Crippen molar-refractivity contribution in [3.8, 4) is 0 Å². The molecule has 0 aliphatic heterocycles. The van der Waals surface area contributed by atoms with Crippen LogP contribution in [-0.4, -0.2) is 24.0 Å². The number of rotatable bonds is 8. The van der Waals surface area contributed by atoms with Gasteiger partial charge in [0.15, 0.2) is 5.13 Å². The number of thiazole rings is 1. The Bertz CT molecular complexity index is 868. The lowest BCUT2D eigenvalue weighted by Crippen LogP contribution is -2.28. The smallest absolute Gasteiger partial charge is 0.220 e. The van der Waals surface area contributed by atoms with Crippen molar-refractivity contribution in [1.82, 2.24) is 10.3 Å². The second-order valence-corrected chi connectivity index (χ2v) is 7.92. The first-order chi connectivity index (χ1) is 12.7. The molecule has 136 valence electrons. The normalized spacial score (nSPS) is 18.8. The number of nitrogens with zero attached hydrogens (tertiary/aromatic N) is 1. The largest absolute Gasteiger partial charge is 0.466 e. The predicted octanol–water partition coefficient (Wildman–Crippen LogP) is 4.17. The summed E-state index contributed by atoms with van der Waals surface area (Å²) in [6.07, 6.45) is 2.32. The van der Waals surface area contributed by atoms with Gasteiger partial charge in [-0.05, 0) is 36.6 Å². The lowest BCUT2D eigenvalue weighted by atomic mass is 10.2. The van der Waals surface area contributed by atoms with E-state index in [1.54, 1.807) is 11.3 Å². The highest BCUT2D eigenvalue weighted by atomic mass is 32.1. The van der Waals surface area contributed by atoms with Crippen molar-refractivity contribution in [2.24, 2.45) is 5.92 Å². The van der Waals surface area contributed by atoms with Gasteiger partial charge in [-0.1, -0.05) is 30.4 Å². The Kier molecular flexibility index (Phi) is 4.93. The van der Waals surface area contributed by atoms with Gasteiger partial charge in [0.1, 0.15) is 11.5 Å². The second kappa shape index (κ2) is 7.50. The molecule has 2 N–H and O–H groups in total. The lowest BCUT2D eigenvalue weighted by Gasteiger charge is -2.05. The minimum Gasteiger partial charge on any atom is -0.466 e. The number of benzene rings is 1. The molecule has 26 heavy (non-hydrogen) atoms. The topological polar surface area (TPSA) is 67.2 Å². The van der Waals surface area contributed by atoms with Crippen LogP contribution in [0.3, 0.4) is 0 Å². The van der Waals surface area contributed by atoms with Crippen molar-refractivity contribution in [2.75, 3.05) is 18.4 Å². The molecule has 0 spiro atoms. The van der Waals surface area contributed by atoms with Crippen LogP contribution in [0, 0.1) is 5.92 Å². The van der Waals surface area contributed by atoms with Crippen LogP contribution in [0.4, 0.5) is 5.13 Å². The number of carbonyl (C=O) groups is 1. The van der Waals surface area contributed by atoms with Gasteiger partial charge in [0.2, 0.25) is 5.91 Å². The molecule has 6 heteroatoms. The van der Waals surface area contributed by atoms with Crippen molar-refractivity contribution in [2.45, 2.75) is 32.1 Å². The first-order valence-corrected chi connectivity index (χ1v) is 9.95. The Morgan fingerprint density at radius 2 is 2.12 bits per heavy atom. The van der Waals surface area contributed by atoms with E-state index in [9.17, 15) is 4.79 Å². The molecule has 0 saturated heterocycles. The first kappa shape index (κ1) is 17.1. The number of aryl methyl sites for hydroxylation is 1. The Morgan fingerprint density at radius 1 is 1.27 bits per heavy atom. The minimum absolute atomic E-state index is 0.0499. The van der Waals surface area contributed by atoms with E-state index >= 15 is 0 Å². The van der Waals surface area contributed by atoms with E-state index in [1.165, 1.54) is 6.42 Å². The van der Waals surface area contributed by atoms with Crippen LogP contribution in [-0.2, 0) is 11.2 Å². The molecule has 2 aromatic heterocycles. The SMILES string of the molecule is CC1CC1c1ccc(CCC(=O)NCCNc2nc3ccccc3s2)o1. The number of furan rings is 1. The third-order valence-electron chi connectivity index (χ3n) is 4.77. The summed E-state index contributed by atoms with van der Waals surface area (Å²) in [5.74, 6) is 3.36. The molecule has 1 aromatic carbocycles. The maximum atomic E-state index is 12.0. The van der Waals surface area contributed by atoms with Crippen LogP contribution in [0.25, 0.3) is 10.2 Å². The zero-order valence-electron chi connectivity index (χ0n) is 14.8. The van der Waals surface area contributed by atoms with Gasteiger partial charge in [-0.15, -0.1) is 0 Å². The molecule has 0 radical (unpaired) electrons. The van der Waals surface area contributed by atoms with Gasteiger partial charge in [-0.2, -0.15) is 0 Å². The fraction of sp³-hybridized carbons (Fsp3) is 0.400. The summed E-state index contributed by atoms with van der Waals surface area (Å²) in [5.41, 5.74) is 1.00. The van der Waals surface area contributed by atoms with Gasteiger partial charge in [-0.25, -0.2) is 4.98 Å². The number of nitrogens with one attached hydrogen (secondary N) is 2. The van der Waals surface area contributed by atoms with Gasteiger partial charge in [0, 0.05) is 31.8 Å². The van der Waals surface area contributed by atoms with E-state index in [0.29, 0.717) is 31.8 Å². The molecule has 1 aliphatic carbocycles. The van der Waals surface area contributed by atoms with Crippen LogP contribution in [0.15, 0.2) is 40.8 Å². The van der Waals surface area contributed by atoms with Crippen LogP contribution in [0.5, 0.6) is 0 Å². The van der Waals surface area contributed by atoms with Crippen LogP contribution in [0.2, 0.25) is 0 Å². The van der Waals surface area contributed by atoms with Gasteiger partial charge >= 0.3 is 0 Å². The highest BCUT2D eigenvalue weighted by Crippen LogP contribution is 2.47. The monoisotopic (exact) mass is 369 g/mol. The summed E-state index contributed by atoms with van der Waals surface area (Å²) < 4.78 is 7.01. The summed E-state index contributed by atoms with van der Waals surface area (Å²) in [4.78, 5) is 16.5. The molecule has 5 nitrogen and oxygen atoms in total. The fourth-order valence-corrected chi connectivity index (χ4v) is 3.98. The summed E-state index contributed by atoms with van der Waals surface area (Å²) in [6.45, 7) is 3.48. The number of amides is 1. The maximum Gasteiger partial charge on any atom is 0.220 e. The van der Waals surface area contributed by atoms with Crippen molar-refractivity contribution in [3.05, 3.63) is 47.9 Å². The van der Waals surface area contributed by atoms with Crippen molar-refractivity contribution in [3.63, 3.8) is 0 Å². The number of fused-ring (bicyclic) bond motifs is 1. The van der Waals surface area contributed by atoms with Gasteiger partial charge in [0.05, 0.1) is 10.2 Å². The van der Waals surface area contributed by atoms with Crippen LogP contribution < -0.4 is 10.6 Å². The van der Waals surface area contributed by atoms with Gasteiger partial charge in [0.25, 0.3) is 0 Å². The van der Waals surface area contributed by atoms with E-state index in [0.717, 1.165) is 32.8 Å². The van der Waals surface area contributed by atoms with E-state index in [1.807, 2.05) is 24.3 Å². The molecule has 1 amide bonds. The van der Waals surface area contributed by atoms with E-state index < -0.39 is 0 Å². The molecule has 3 aromatic rings. The Balaban J connectivity index is 1.15. The third kappa shape index (κ3) is 4.07. The summed E-state index contributed by atoms with van der Waals surface area (Å²) in [7, 11) is 0. The third-order valence-corrected chi connectivity index (χ3v) is 5.77. The number of carbonyl (C=O) groups excluding carboxylic acids is 1. The number of aromatic nitrogens is 1. The Labute approximate surface area is 156 Å². The molecular formula is C20H23N3O2S. The predicted molar refractivity (Wildman–Crippen MR) is 105 cm³/mol. The fourth-order valence-electron chi connectivity index (χ4n) is 3.09. The Hall–Kier alpha value is -2.34. The quantitative estimate of drug-likeness (QED) is 0.585. The summed E-state index contributed by atoms with van der Waals surface area (Å²) in [6, 6.07) is 12.1.